The van der Waals surface area contributed by atoms with Crippen LogP contribution in [0.1, 0.15) is 18.1 Å². The van der Waals surface area contributed by atoms with Gasteiger partial charge < -0.3 is 4.74 Å². The van der Waals surface area contributed by atoms with Gasteiger partial charge in [-0.15, -0.1) is 0 Å². The fourth-order valence-corrected chi connectivity index (χ4v) is 3.37. The minimum Gasteiger partial charge on any atom is -0.383 e. The molecule has 0 radical (unpaired) electrons. The summed E-state index contributed by atoms with van der Waals surface area (Å²) in [7, 11) is -2.36. The maximum Gasteiger partial charge on any atom is 0.271 e. The van der Waals surface area contributed by atoms with Crippen LogP contribution in [0.2, 0.25) is 0 Å². The van der Waals surface area contributed by atoms with Gasteiger partial charge in [0.1, 0.15) is 0 Å². The average Bonchev–Trinajstić information content (AvgIpc) is 2.31. The zero-order chi connectivity index (χ0) is 15.5. The number of nitro groups is 1. The molecule has 0 saturated carbocycles. The lowest BCUT2D eigenvalue weighted by Crippen LogP contribution is -2.36. The number of rotatable bonds is 6. The van der Waals surface area contributed by atoms with Crippen LogP contribution in [-0.4, -0.2) is 33.1 Å². The molecule has 0 fully saturated rings. The Morgan fingerprint density at radius 3 is 2.50 bits per heavy atom. The normalized spacial score (nSPS) is 13.2. The van der Waals surface area contributed by atoms with Crippen molar-refractivity contribution in [2.45, 2.75) is 31.7 Å². The van der Waals surface area contributed by atoms with E-state index in [0.717, 1.165) is 6.07 Å². The van der Waals surface area contributed by atoms with Gasteiger partial charge in [0.15, 0.2) is 0 Å². The third-order valence-electron chi connectivity index (χ3n) is 2.88. The van der Waals surface area contributed by atoms with Gasteiger partial charge in [-0.1, -0.05) is 0 Å². The molecule has 1 aromatic carbocycles. The predicted octanol–water partition coefficient (Wildman–Crippen LogP) is 1.52. The summed E-state index contributed by atoms with van der Waals surface area (Å²) >= 11 is 0. The van der Waals surface area contributed by atoms with Crippen molar-refractivity contribution < 1.29 is 18.1 Å². The lowest BCUT2D eigenvalue weighted by Gasteiger charge is -2.15. The molecule has 0 amide bonds. The molecule has 8 heteroatoms. The third kappa shape index (κ3) is 3.75. The number of sulfonamides is 1. The molecule has 20 heavy (non-hydrogen) atoms. The minimum absolute atomic E-state index is 0.0767. The number of aryl methyl sites for hydroxylation is 1. The van der Waals surface area contributed by atoms with E-state index in [1.807, 2.05) is 0 Å². The second-order valence-corrected chi connectivity index (χ2v) is 6.30. The summed E-state index contributed by atoms with van der Waals surface area (Å²) in [4.78, 5) is 10.2. The van der Waals surface area contributed by atoms with E-state index >= 15 is 0 Å². The highest BCUT2D eigenvalue weighted by Crippen LogP contribution is 2.25. The number of nitrogens with zero attached hydrogens (tertiary/aromatic N) is 1. The lowest BCUT2D eigenvalue weighted by molar-refractivity contribution is -0.385. The van der Waals surface area contributed by atoms with Crippen LogP contribution in [0.25, 0.3) is 0 Å². The molecule has 112 valence electrons. The van der Waals surface area contributed by atoms with Crippen molar-refractivity contribution in [3.8, 4) is 0 Å². The van der Waals surface area contributed by atoms with Crippen molar-refractivity contribution >= 4 is 15.7 Å². The summed E-state index contributed by atoms with van der Waals surface area (Å²) in [5.41, 5.74) is 0.805. The molecule has 0 aliphatic heterocycles. The first kappa shape index (κ1) is 16.5. The molecule has 0 aliphatic rings. The quantitative estimate of drug-likeness (QED) is 0.634. The van der Waals surface area contributed by atoms with E-state index in [1.54, 1.807) is 20.8 Å². The summed E-state index contributed by atoms with van der Waals surface area (Å²) in [5.74, 6) is 0. The number of ether oxygens (including phenoxy) is 1. The van der Waals surface area contributed by atoms with E-state index in [1.165, 1.54) is 13.2 Å². The van der Waals surface area contributed by atoms with Gasteiger partial charge >= 0.3 is 0 Å². The van der Waals surface area contributed by atoms with Gasteiger partial charge in [0.05, 0.1) is 16.4 Å². The molecule has 0 spiro atoms. The molecule has 1 rings (SSSR count). The smallest absolute Gasteiger partial charge is 0.271 e. The predicted molar refractivity (Wildman–Crippen MR) is 74.2 cm³/mol. The molecule has 1 atom stereocenters. The third-order valence-corrected chi connectivity index (χ3v) is 4.59. The number of hydrogen-bond acceptors (Lipinski definition) is 5. The minimum atomic E-state index is -3.83. The van der Waals surface area contributed by atoms with Crippen molar-refractivity contribution in [1.29, 1.82) is 0 Å². The Balaban J connectivity index is 3.27. The van der Waals surface area contributed by atoms with E-state index in [2.05, 4.69) is 4.72 Å². The summed E-state index contributed by atoms with van der Waals surface area (Å²) in [6.07, 6.45) is 0. The molecular formula is C12H18N2O5S. The Labute approximate surface area is 118 Å². The highest BCUT2D eigenvalue weighted by Gasteiger charge is 2.23. The Bertz CT molecular complexity index is 613. The first-order chi connectivity index (χ1) is 9.19. The van der Waals surface area contributed by atoms with Gasteiger partial charge in [-0.2, -0.15) is 0 Å². The van der Waals surface area contributed by atoms with E-state index < -0.39 is 21.0 Å². The van der Waals surface area contributed by atoms with Crippen molar-refractivity contribution in [2.75, 3.05) is 13.7 Å². The zero-order valence-electron chi connectivity index (χ0n) is 11.8. The van der Waals surface area contributed by atoms with Crippen LogP contribution in [0.5, 0.6) is 0 Å². The summed E-state index contributed by atoms with van der Waals surface area (Å²) in [6.45, 7) is 5.13. The molecule has 0 saturated heterocycles. The van der Waals surface area contributed by atoms with Crippen LogP contribution >= 0.6 is 0 Å². The van der Waals surface area contributed by atoms with Crippen LogP contribution < -0.4 is 4.72 Å². The molecule has 0 heterocycles. The van der Waals surface area contributed by atoms with E-state index in [4.69, 9.17) is 4.74 Å². The summed E-state index contributed by atoms with van der Waals surface area (Å²) in [5, 5.41) is 10.8. The highest BCUT2D eigenvalue weighted by atomic mass is 32.2. The first-order valence-corrected chi connectivity index (χ1v) is 7.44. The number of methoxy groups -OCH3 is 1. The topological polar surface area (TPSA) is 98.5 Å². The fraction of sp³-hybridized carbons (Fsp3) is 0.500. The van der Waals surface area contributed by atoms with E-state index in [9.17, 15) is 18.5 Å². The Morgan fingerprint density at radius 2 is 2.00 bits per heavy atom. The first-order valence-electron chi connectivity index (χ1n) is 5.96. The van der Waals surface area contributed by atoms with Crippen LogP contribution in [0.15, 0.2) is 17.0 Å². The van der Waals surface area contributed by atoms with Gasteiger partial charge in [-0.05, 0) is 31.9 Å². The van der Waals surface area contributed by atoms with Gasteiger partial charge in [-0.3, -0.25) is 10.1 Å². The van der Waals surface area contributed by atoms with Crippen LogP contribution in [-0.2, 0) is 14.8 Å². The fourth-order valence-electron chi connectivity index (χ4n) is 1.81. The second-order valence-electron chi connectivity index (χ2n) is 4.62. The van der Waals surface area contributed by atoms with Crippen molar-refractivity contribution in [2.24, 2.45) is 0 Å². The maximum atomic E-state index is 12.3. The number of non-ortho nitro benzene ring substituents is 1. The average molecular weight is 302 g/mol. The zero-order valence-corrected chi connectivity index (χ0v) is 12.7. The van der Waals surface area contributed by atoms with Crippen LogP contribution in [0.3, 0.4) is 0 Å². The number of hydrogen-bond donors (Lipinski definition) is 1. The summed E-state index contributed by atoms with van der Waals surface area (Å²) < 4.78 is 31.9. The molecule has 0 bridgehead atoms. The van der Waals surface area contributed by atoms with Gasteiger partial charge in [0.25, 0.3) is 5.69 Å². The van der Waals surface area contributed by atoms with E-state index in [-0.39, 0.29) is 17.2 Å². The number of benzene rings is 1. The number of nitrogens with one attached hydrogen (secondary N) is 1. The van der Waals surface area contributed by atoms with Crippen LogP contribution in [0, 0.1) is 24.0 Å². The van der Waals surface area contributed by atoms with Crippen LogP contribution in [0.4, 0.5) is 5.69 Å². The molecule has 1 aromatic rings. The SMILES string of the molecule is COCC(C)NS(=O)(=O)c1cc([N+](=O)[O-])cc(C)c1C. The second kappa shape index (κ2) is 6.29. The van der Waals surface area contributed by atoms with E-state index in [0.29, 0.717) is 11.1 Å². The maximum absolute atomic E-state index is 12.3. The molecule has 0 aromatic heterocycles. The highest BCUT2D eigenvalue weighted by molar-refractivity contribution is 7.89. The van der Waals surface area contributed by atoms with Crippen molar-refractivity contribution in [3.05, 3.63) is 33.4 Å². The van der Waals surface area contributed by atoms with Gasteiger partial charge in [-0.25, -0.2) is 13.1 Å². The standard InChI is InChI=1S/C12H18N2O5S/c1-8-5-11(14(15)16)6-12(10(8)3)20(17,18)13-9(2)7-19-4/h5-6,9,13H,7H2,1-4H3. The van der Waals surface area contributed by atoms with Crippen molar-refractivity contribution in [1.82, 2.24) is 4.72 Å². The molecular weight excluding hydrogens is 284 g/mol. The monoisotopic (exact) mass is 302 g/mol. The Kier molecular flexibility index (Phi) is 5.21. The Morgan fingerprint density at radius 1 is 1.40 bits per heavy atom. The molecule has 1 unspecified atom stereocenters. The Hall–Kier alpha value is -1.51. The van der Waals surface area contributed by atoms with Crippen molar-refractivity contribution in [3.63, 3.8) is 0 Å². The molecule has 1 N–H and O–H groups in total. The lowest BCUT2D eigenvalue weighted by atomic mass is 10.1. The largest absolute Gasteiger partial charge is 0.383 e. The molecule has 0 aliphatic carbocycles. The molecule has 7 nitrogen and oxygen atoms in total. The summed E-state index contributed by atoms with van der Waals surface area (Å²) in [6, 6.07) is 2.00. The van der Waals surface area contributed by atoms with Gasteiger partial charge in [0.2, 0.25) is 10.0 Å². The van der Waals surface area contributed by atoms with Gasteiger partial charge in [0, 0.05) is 25.3 Å². The number of nitro benzene ring substituents is 1.